The molecule has 0 spiro atoms. The highest BCUT2D eigenvalue weighted by Crippen LogP contribution is 2.40. The zero-order valence-electron chi connectivity index (χ0n) is 5.84. The van der Waals surface area contributed by atoms with E-state index in [4.69, 9.17) is 0 Å². The third-order valence-corrected chi connectivity index (χ3v) is 2.95. The molecule has 3 fully saturated rings. The van der Waals surface area contributed by atoms with Gasteiger partial charge in [-0.25, -0.2) is 0 Å². The summed E-state index contributed by atoms with van der Waals surface area (Å²) in [6.07, 6.45) is 9.36. The first kappa shape index (κ1) is 7.54. The molecule has 0 saturated heterocycles. The Morgan fingerprint density at radius 3 is 0.889 bits per heavy atom. The topological polar surface area (TPSA) is 0 Å². The van der Waals surface area contributed by atoms with Crippen LogP contribution in [0, 0.1) is 11.8 Å². The van der Waals surface area contributed by atoms with Crippen LogP contribution in [0.4, 0.5) is 0 Å². The van der Waals surface area contributed by atoms with Crippen molar-refractivity contribution < 1.29 is 0 Å². The van der Waals surface area contributed by atoms with Crippen molar-refractivity contribution in [1.82, 2.24) is 0 Å². The molecule has 3 aliphatic carbocycles. The molecule has 9 heavy (non-hydrogen) atoms. The van der Waals surface area contributed by atoms with E-state index in [0.29, 0.717) is 0 Å². The van der Waals surface area contributed by atoms with Crippen LogP contribution in [0.5, 0.6) is 0 Å². The molecule has 0 heterocycles. The van der Waals surface area contributed by atoms with Crippen LogP contribution in [-0.2, 0) is 0 Å². The Morgan fingerprint density at radius 1 is 0.556 bits per heavy atom. The van der Waals surface area contributed by atoms with Gasteiger partial charge < -0.3 is 0 Å². The summed E-state index contributed by atoms with van der Waals surface area (Å²) in [6, 6.07) is 0. The van der Waals surface area contributed by atoms with Crippen molar-refractivity contribution in [3.05, 3.63) is 0 Å². The average Bonchev–Trinajstić information content (AvgIpc) is 1.92. The fraction of sp³-hybridized carbons (Fsp3) is 1.00. The maximum Gasteiger partial charge on any atom is 0 e. The Hall–Kier alpha value is 0.430. The number of hydrogen-bond donors (Lipinski definition) is 0. The molecule has 1 heteroatoms. The van der Waals surface area contributed by atoms with E-state index in [1.54, 1.807) is 38.5 Å². The minimum atomic E-state index is 0. The molecule has 0 unspecified atom stereocenters. The Kier molecular flexibility index (Phi) is 2.52. The predicted octanol–water partition coefficient (Wildman–Crippen LogP) is 3.45. The summed E-state index contributed by atoms with van der Waals surface area (Å²) in [7, 11) is 0. The minimum Gasteiger partial charge on any atom is -0.0502 e. The summed E-state index contributed by atoms with van der Waals surface area (Å²) >= 11 is 0. The first-order chi connectivity index (χ1) is 3.95. The second kappa shape index (κ2) is 3.01. The zero-order chi connectivity index (χ0) is 5.40. The molecule has 0 aromatic heterocycles. The smallest absolute Gasteiger partial charge is 0 e. The molecule has 0 aromatic carbocycles. The second-order valence-electron chi connectivity index (χ2n) is 3.46. The van der Waals surface area contributed by atoms with Crippen LogP contribution >= 0.6 is 9.90 Å². The zero-order valence-corrected chi connectivity index (χ0v) is 6.74. The molecule has 0 aliphatic heterocycles. The molecule has 0 amide bonds. The van der Waals surface area contributed by atoms with Crippen LogP contribution in [0.15, 0.2) is 0 Å². The van der Waals surface area contributed by atoms with E-state index in [1.807, 2.05) is 0 Å². The highest BCUT2D eigenvalue weighted by Gasteiger charge is 2.26. The van der Waals surface area contributed by atoms with Crippen LogP contribution in [0.1, 0.15) is 38.5 Å². The van der Waals surface area contributed by atoms with E-state index in [9.17, 15) is 0 Å². The largest absolute Gasteiger partial charge is 0.0502 e. The summed E-state index contributed by atoms with van der Waals surface area (Å²) in [6.45, 7) is 0. The van der Waals surface area contributed by atoms with Gasteiger partial charge in [-0.15, -0.1) is 0 Å². The van der Waals surface area contributed by atoms with Crippen LogP contribution in [0.2, 0.25) is 0 Å². The van der Waals surface area contributed by atoms with Gasteiger partial charge in [0.05, 0.1) is 0 Å². The number of rotatable bonds is 0. The molecular formula is C8H14P. The van der Waals surface area contributed by atoms with Crippen LogP contribution < -0.4 is 0 Å². The molecule has 0 N–H and O–H groups in total. The lowest BCUT2D eigenvalue weighted by Crippen LogP contribution is -2.21. The quantitative estimate of drug-likeness (QED) is 0.453. The van der Waals surface area contributed by atoms with Crippen LogP contribution in [0.3, 0.4) is 0 Å². The van der Waals surface area contributed by atoms with Gasteiger partial charge in [0, 0.05) is 9.90 Å². The van der Waals surface area contributed by atoms with Crippen molar-refractivity contribution in [3.8, 4) is 0 Å². The maximum absolute atomic E-state index is 1.56. The third kappa shape index (κ3) is 1.46. The lowest BCUT2D eigenvalue weighted by atomic mass is 9.71. The Morgan fingerprint density at radius 2 is 0.778 bits per heavy atom. The molecule has 3 rings (SSSR count). The number of hydrogen-bond acceptors (Lipinski definition) is 0. The Balaban J connectivity index is 0.000000405. The van der Waals surface area contributed by atoms with E-state index >= 15 is 0 Å². The second-order valence-corrected chi connectivity index (χ2v) is 3.46. The van der Waals surface area contributed by atoms with E-state index in [2.05, 4.69) is 0 Å². The maximum atomic E-state index is 1.56. The SMILES string of the molecule is C1CC2CCC1CC2.[P]. The highest BCUT2D eigenvalue weighted by molar-refractivity contribution is 6.92. The molecule has 0 aromatic rings. The molecular weight excluding hydrogens is 127 g/mol. The standard InChI is InChI=1S/C8H14.P/c1-2-8-5-3-7(1)4-6-8;/h7-8H,1-6H2;. The van der Waals surface area contributed by atoms with E-state index in [1.165, 1.54) is 0 Å². The summed E-state index contributed by atoms with van der Waals surface area (Å²) in [5.74, 6) is 2.31. The average molecular weight is 141 g/mol. The summed E-state index contributed by atoms with van der Waals surface area (Å²) in [4.78, 5) is 0. The molecule has 2 bridgehead atoms. The van der Waals surface area contributed by atoms with Gasteiger partial charge in [-0.1, -0.05) is 38.5 Å². The van der Waals surface area contributed by atoms with Crippen molar-refractivity contribution >= 4 is 9.90 Å². The first-order valence-corrected chi connectivity index (χ1v) is 3.95. The lowest BCUT2D eigenvalue weighted by molar-refractivity contribution is 0.176. The van der Waals surface area contributed by atoms with Gasteiger partial charge in [-0.2, -0.15) is 0 Å². The van der Waals surface area contributed by atoms with Crippen molar-refractivity contribution in [2.75, 3.05) is 0 Å². The Bertz CT molecular complexity index is 59.5. The first-order valence-electron chi connectivity index (χ1n) is 3.95. The molecule has 0 atom stereocenters. The summed E-state index contributed by atoms with van der Waals surface area (Å²) in [5.41, 5.74) is 0. The summed E-state index contributed by atoms with van der Waals surface area (Å²) < 4.78 is 0. The van der Waals surface area contributed by atoms with Crippen molar-refractivity contribution in [1.29, 1.82) is 0 Å². The fourth-order valence-corrected chi connectivity index (χ4v) is 2.28. The Labute approximate surface area is 61.0 Å². The molecule has 51 valence electrons. The molecule has 0 nitrogen and oxygen atoms in total. The molecule has 3 saturated carbocycles. The molecule has 3 radical (unpaired) electrons. The van der Waals surface area contributed by atoms with Crippen molar-refractivity contribution in [2.24, 2.45) is 11.8 Å². The van der Waals surface area contributed by atoms with Crippen LogP contribution in [-0.4, -0.2) is 0 Å². The predicted molar refractivity (Wildman–Crippen MR) is 41.6 cm³/mol. The highest BCUT2D eigenvalue weighted by atomic mass is 31.0. The molecule has 3 aliphatic rings. The minimum absolute atomic E-state index is 0. The number of fused-ring (bicyclic) bond motifs is 3. The van der Waals surface area contributed by atoms with Crippen molar-refractivity contribution in [2.45, 2.75) is 38.5 Å². The normalized spacial score (nSPS) is 40.0. The van der Waals surface area contributed by atoms with Gasteiger partial charge in [0.1, 0.15) is 0 Å². The lowest BCUT2D eigenvalue weighted by Gasteiger charge is -2.35. The van der Waals surface area contributed by atoms with Crippen LogP contribution in [0.25, 0.3) is 0 Å². The van der Waals surface area contributed by atoms with Gasteiger partial charge in [0.25, 0.3) is 0 Å². The van der Waals surface area contributed by atoms with E-state index < -0.39 is 0 Å². The van der Waals surface area contributed by atoms with Crippen molar-refractivity contribution in [3.63, 3.8) is 0 Å². The monoisotopic (exact) mass is 141 g/mol. The van der Waals surface area contributed by atoms with Gasteiger partial charge in [-0.3, -0.25) is 0 Å². The van der Waals surface area contributed by atoms with E-state index in [-0.39, 0.29) is 9.90 Å². The van der Waals surface area contributed by atoms with Gasteiger partial charge in [0.2, 0.25) is 0 Å². The van der Waals surface area contributed by atoms with E-state index in [0.717, 1.165) is 11.8 Å². The fourth-order valence-electron chi connectivity index (χ4n) is 2.28. The third-order valence-electron chi connectivity index (χ3n) is 2.95. The van der Waals surface area contributed by atoms with Gasteiger partial charge in [0.15, 0.2) is 0 Å². The summed E-state index contributed by atoms with van der Waals surface area (Å²) in [5, 5.41) is 0. The van der Waals surface area contributed by atoms with Gasteiger partial charge in [-0.05, 0) is 11.8 Å². The van der Waals surface area contributed by atoms with Gasteiger partial charge >= 0.3 is 0 Å².